The first-order valence-electron chi connectivity index (χ1n) is 5.33. The molecular formula is C11H8BrN3O5. The molecule has 0 saturated heterocycles. The summed E-state index contributed by atoms with van der Waals surface area (Å²) in [6.45, 7) is 0.0861. The molecule has 0 aliphatic heterocycles. The van der Waals surface area contributed by atoms with Crippen molar-refractivity contribution in [1.82, 2.24) is 4.98 Å². The number of furan rings is 1. The van der Waals surface area contributed by atoms with Gasteiger partial charge < -0.3 is 14.8 Å². The minimum absolute atomic E-state index is 0.0754. The molecule has 2 heterocycles. The Morgan fingerprint density at radius 1 is 1.55 bits per heavy atom. The predicted octanol–water partition coefficient (Wildman–Crippen LogP) is 2.66. The Bertz CT molecular complexity index is 670. The third-order valence-corrected chi connectivity index (χ3v) is 2.77. The fourth-order valence-corrected chi connectivity index (χ4v) is 1.78. The largest absolute Gasteiger partial charge is 0.475 e. The van der Waals surface area contributed by atoms with Crippen molar-refractivity contribution in [1.29, 1.82) is 0 Å². The average molecular weight is 342 g/mol. The highest BCUT2D eigenvalue weighted by Gasteiger charge is 2.16. The molecule has 0 amide bonds. The van der Waals surface area contributed by atoms with Crippen LogP contribution in [0.4, 0.5) is 11.5 Å². The van der Waals surface area contributed by atoms with Crippen molar-refractivity contribution in [3.05, 3.63) is 50.5 Å². The topological polar surface area (TPSA) is 119 Å². The van der Waals surface area contributed by atoms with E-state index in [9.17, 15) is 14.9 Å². The average Bonchev–Trinajstić information content (AvgIpc) is 2.86. The first-order chi connectivity index (χ1) is 9.47. The van der Waals surface area contributed by atoms with Gasteiger partial charge in [-0.2, -0.15) is 0 Å². The molecule has 0 fully saturated rings. The van der Waals surface area contributed by atoms with E-state index >= 15 is 0 Å². The quantitative estimate of drug-likeness (QED) is 0.633. The van der Waals surface area contributed by atoms with E-state index in [2.05, 4.69) is 26.2 Å². The van der Waals surface area contributed by atoms with Crippen LogP contribution in [-0.4, -0.2) is 21.0 Å². The van der Waals surface area contributed by atoms with E-state index in [4.69, 9.17) is 9.52 Å². The van der Waals surface area contributed by atoms with Crippen LogP contribution < -0.4 is 5.32 Å². The van der Waals surface area contributed by atoms with Gasteiger partial charge in [0.25, 0.3) is 0 Å². The number of nitrogens with one attached hydrogen (secondary N) is 1. The molecule has 0 aliphatic rings. The number of aromatic carboxylic acids is 1. The lowest BCUT2D eigenvalue weighted by atomic mass is 10.3. The minimum Gasteiger partial charge on any atom is -0.475 e. The minimum atomic E-state index is -1.18. The summed E-state index contributed by atoms with van der Waals surface area (Å²) in [5, 5.41) is 22.3. The number of carbonyl (C=O) groups is 1. The molecule has 0 saturated carbocycles. The van der Waals surface area contributed by atoms with Crippen LogP contribution in [-0.2, 0) is 6.54 Å². The molecule has 9 heteroatoms. The zero-order valence-electron chi connectivity index (χ0n) is 9.87. The van der Waals surface area contributed by atoms with Gasteiger partial charge in [-0.1, -0.05) is 0 Å². The molecule has 0 spiro atoms. The van der Waals surface area contributed by atoms with Gasteiger partial charge in [0.2, 0.25) is 11.6 Å². The van der Waals surface area contributed by atoms with Crippen LogP contribution in [0.3, 0.4) is 0 Å². The predicted molar refractivity (Wildman–Crippen MR) is 71.6 cm³/mol. The van der Waals surface area contributed by atoms with Crippen LogP contribution in [0.2, 0.25) is 0 Å². The molecule has 2 N–H and O–H groups in total. The van der Waals surface area contributed by atoms with Crippen molar-refractivity contribution in [3.8, 4) is 0 Å². The number of hydrogen-bond acceptors (Lipinski definition) is 6. The number of halogens is 1. The van der Waals surface area contributed by atoms with Crippen molar-refractivity contribution in [2.75, 3.05) is 5.32 Å². The normalized spacial score (nSPS) is 10.2. The second kappa shape index (κ2) is 5.70. The Kier molecular flexibility index (Phi) is 3.99. The monoisotopic (exact) mass is 341 g/mol. The first-order valence-corrected chi connectivity index (χ1v) is 6.12. The second-order valence-corrected chi connectivity index (χ2v) is 4.62. The number of nitro groups is 1. The Hall–Kier alpha value is -2.42. The molecule has 0 aromatic carbocycles. The Morgan fingerprint density at radius 3 is 2.90 bits per heavy atom. The number of carboxylic acids is 1. The highest BCUT2D eigenvalue weighted by atomic mass is 79.9. The fourth-order valence-electron chi connectivity index (χ4n) is 1.46. The van der Waals surface area contributed by atoms with E-state index in [-0.39, 0.29) is 23.8 Å². The molecule has 0 atom stereocenters. The number of hydrogen-bond donors (Lipinski definition) is 2. The SMILES string of the molecule is O=C(O)c1ccc(CNc2ncc(Br)cc2[N+](=O)[O-])o1. The number of carboxylic acid groups (broad SMARTS) is 1. The summed E-state index contributed by atoms with van der Waals surface area (Å²) < 4.78 is 5.51. The van der Waals surface area contributed by atoms with Gasteiger partial charge >= 0.3 is 11.7 Å². The van der Waals surface area contributed by atoms with Gasteiger partial charge in [0.1, 0.15) is 5.76 Å². The molecule has 2 aromatic heterocycles. The molecule has 8 nitrogen and oxygen atoms in total. The summed E-state index contributed by atoms with van der Waals surface area (Å²) in [6.07, 6.45) is 1.42. The van der Waals surface area contributed by atoms with E-state index in [0.29, 0.717) is 10.2 Å². The highest BCUT2D eigenvalue weighted by Crippen LogP contribution is 2.25. The molecule has 2 rings (SSSR count). The molecular weight excluding hydrogens is 334 g/mol. The van der Waals surface area contributed by atoms with Crippen LogP contribution >= 0.6 is 15.9 Å². The highest BCUT2D eigenvalue weighted by molar-refractivity contribution is 9.10. The number of anilines is 1. The third kappa shape index (κ3) is 3.12. The lowest BCUT2D eigenvalue weighted by Crippen LogP contribution is -2.04. The van der Waals surface area contributed by atoms with E-state index < -0.39 is 10.9 Å². The summed E-state index contributed by atoms with van der Waals surface area (Å²) in [4.78, 5) is 24.9. The van der Waals surface area contributed by atoms with Crippen molar-refractivity contribution >= 4 is 33.4 Å². The van der Waals surface area contributed by atoms with Gasteiger partial charge in [0.15, 0.2) is 0 Å². The van der Waals surface area contributed by atoms with Crippen molar-refractivity contribution in [2.45, 2.75) is 6.54 Å². The third-order valence-electron chi connectivity index (χ3n) is 2.33. The van der Waals surface area contributed by atoms with Crippen LogP contribution in [0.1, 0.15) is 16.3 Å². The molecule has 104 valence electrons. The van der Waals surface area contributed by atoms with Gasteiger partial charge in [-0.3, -0.25) is 10.1 Å². The Morgan fingerprint density at radius 2 is 2.30 bits per heavy atom. The zero-order chi connectivity index (χ0) is 14.7. The number of rotatable bonds is 5. The molecule has 0 aliphatic carbocycles. The van der Waals surface area contributed by atoms with Crippen LogP contribution in [0, 0.1) is 10.1 Å². The molecule has 0 bridgehead atoms. The standard InChI is InChI=1S/C11H8BrN3O5/c12-6-3-8(15(18)19)10(13-4-6)14-5-7-1-2-9(20-7)11(16)17/h1-4H,5H2,(H,13,14)(H,16,17). The number of aromatic nitrogens is 1. The van der Waals surface area contributed by atoms with Crippen molar-refractivity contribution in [3.63, 3.8) is 0 Å². The Balaban J connectivity index is 2.14. The van der Waals surface area contributed by atoms with Crippen molar-refractivity contribution < 1.29 is 19.2 Å². The molecule has 0 unspecified atom stereocenters. The lowest BCUT2D eigenvalue weighted by Gasteiger charge is -2.04. The first kappa shape index (κ1) is 14.0. The van der Waals surface area contributed by atoms with Gasteiger partial charge in [0.05, 0.1) is 11.5 Å². The molecule has 0 radical (unpaired) electrons. The molecule has 20 heavy (non-hydrogen) atoms. The zero-order valence-corrected chi connectivity index (χ0v) is 11.5. The van der Waals surface area contributed by atoms with Crippen LogP contribution in [0.5, 0.6) is 0 Å². The summed E-state index contributed by atoms with van der Waals surface area (Å²) in [5.74, 6) is -0.961. The van der Waals surface area contributed by atoms with Gasteiger partial charge in [0, 0.05) is 16.7 Å². The van der Waals surface area contributed by atoms with E-state index in [1.807, 2.05) is 0 Å². The van der Waals surface area contributed by atoms with Gasteiger partial charge in [-0.15, -0.1) is 0 Å². The van der Waals surface area contributed by atoms with E-state index in [0.717, 1.165) is 0 Å². The fraction of sp³-hybridized carbons (Fsp3) is 0.0909. The lowest BCUT2D eigenvalue weighted by molar-refractivity contribution is -0.384. The van der Waals surface area contributed by atoms with E-state index in [1.165, 1.54) is 24.4 Å². The van der Waals surface area contributed by atoms with Crippen LogP contribution in [0.15, 0.2) is 33.3 Å². The smallest absolute Gasteiger partial charge is 0.371 e. The molecule has 2 aromatic rings. The summed E-state index contributed by atoms with van der Waals surface area (Å²) >= 11 is 3.10. The maximum atomic E-state index is 10.9. The van der Waals surface area contributed by atoms with Gasteiger partial charge in [-0.25, -0.2) is 9.78 Å². The van der Waals surface area contributed by atoms with Crippen LogP contribution in [0.25, 0.3) is 0 Å². The summed E-state index contributed by atoms with van der Waals surface area (Å²) in [7, 11) is 0. The summed E-state index contributed by atoms with van der Waals surface area (Å²) in [5.41, 5.74) is -0.190. The summed E-state index contributed by atoms with van der Waals surface area (Å²) in [6, 6.07) is 4.10. The number of pyridine rings is 1. The van der Waals surface area contributed by atoms with Crippen molar-refractivity contribution in [2.24, 2.45) is 0 Å². The maximum Gasteiger partial charge on any atom is 0.371 e. The Labute approximate surface area is 120 Å². The second-order valence-electron chi connectivity index (χ2n) is 3.70. The van der Waals surface area contributed by atoms with E-state index in [1.54, 1.807) is 0 Å². The maximum absolute atomic E-state index is 10.9. The number of nitrogens with zero attached hydrogens (tertiary/aromatic N) is 2. The van der Waals surface area contributed by atoms with Gasteiger partial charge in [-0.05, 0) is 28.1 Å².